The summed E-state index contributed by atoms with van der Waals surface area (Å²) in [6.07, 6.45) is 7.59. The van der Waals surface area contributed by atoms with Crippen LogP contribution in [0.4, 0.5) is 0 Å². The third-order valence-corrected chi connectivity index (χ3v) is 11.3. The fourth-order valence-electron chi connectivity index (χ4n) is 4.59. The fraction of sp³-hybridized carbons (Fsp3) is 0.172. The van der Waals surface area contributed by atoms with Crippen LogP contribution in [0.2, 0.25) is 0 Å². The van der Waals surface area contributed by atoms with E-state index in [1.807, 2.05) is 0 Å². The van der Waals surface area contributed by atoms with Gasteiger partial charge in [0.2, 0.25) is 0 Å². The second-order valence-electron chi connectivity index (χ2n) is 8.31. The monoisotopic (exact) mass is 454 g/mol. The Hall–Kier alpha value is -3.29. The quantitative estimate of drug-likeness (QED) is 0.279. The Labute approximate surface area is 197 Å². The number of unbranched alkanes of at least 4 members (excludes halogenated alkanes) is 2. The first-order valence-electron chi connectivity index (χ1n) is 11.7. The number of aromatic nitrogens is 1. The van der Waals surface area contributed by atoms with Gasteiger partial charge in [0.1, 0.15) is 0 Å². The Kier molecular flexibility index (Phi) is 8.00. The number of benzene rings is 3. The summed E-state index contributed by atoms with van der Waals surface area (Å²) in [6, 6.07) is 36.7. The average Bonchev–Trinajstić information content (AvgIpc) is 2.90. The van der Waals surface area contributed by atoms with E-state index in [-0.39, 0.29) is 5.91 Å². The van der Waals surface area contributed by atoms with Gasteiger partial charge in [-0.1, -0.05) is 0 Å². The molecule has 0 aliphatic heterocycles. The number of rotatable bonds is 10. The number of hydrogen-bond acceptors (Lipinski definition) is 2. The van der Waals surface area contributed by atoms with Crippen LogP contribution in [-0.2, 0) is 0 Å². The van der Waals surface area contributed by atoms with E-state index in [1.54, 1.807) is 24.5 Å². The SMILES string of the molecule is O=C(NCCCCC[PH](c1ccccc1)(c1ccccc1)c1ccccc1)c1cccnc1. The van der Waals surface area contributed by atoms with Crippen molar-refractivity contribution in [2.75, 3.05) is 12.7 Å². The number of nitrogens with zero attached hydrogens (tertiary/aromatic N) is 1. The van der Waals surface area contributed by atoms with Gasteiger partial charge >= 0.3 is 197 Å². The number of carbonyl (C=O) groups excluding carboxylic acids is 1. The molecule has 0 saturated heterocycles. The molecule has 1 heterocycles. The van der Waals surface area contributed by atoms with Crippen LogP contribution in [0.5, 0.6) is 0 Å². The van der Waals surface area contributed by atoms with Gasteiger partial charge in [-0.05, 0) is 0 Å². The van der Waals surface area contributed by atoms with Gasteiger partial charge in [-0.3, -0.25) is 0 Å². The van der Waals surface area contributed by atoms with Crippen LogP contribution in [0.3, 0.4) is 0 Å². The zero-order valence-electron chi connectivity index (χ0n) is 18.9. The molecule has 1 N–H and O–H groups in total. The topological polar surface area (TPSA) is 42.0 Å². The Morgan fingerprint density at radius 3 is 1.70 bits per heavy atom. The first kappa shape index (κ1) is 22.9. The van der Waals surface area contributed by atoms with Gasteiger partial charge in [-0.15, -0.1) is 0 Å². The van der Waals surface area contributed by atoms with Crippen LogP contribution in [0.25, 0.3) is 0 Å². The van der Waals surface area contributed by atoms with Gasteiger partial charge in [0, 0.05) is 0 Å². The van der Waals surface area contributed by atoms with Gasteiger partial charge in [-0.2, -0.15) is 0 Å². The predicted molar refractivity (Wildman–Crippen MR) is 142 cm³/mol. The summed E-state index contributed by atoms with van der Waals surface area (Å²) in [4.78, 5) is 16.3. The van der Waals surface area contributed by atoms with Gasteiger partial charge in [0.25, 0.3) is 0 Å². The van der Waals surface area contributed by atoms with Crippen molar-refractivity contribution in [1.82, 2.24) is 10.3 Å². The molecule has 1 amide bonds. The number of amides is 1. The molecule has 4 heteroatoms. The maximum absolute atomic E-state index is 12.2. The third-order valence-electron chi connectivity index (χ3n) is 6.24. The average molecular weight is 455 g/mol. The van der Waals surface area contributed by atoms with Crippen molar-refractivity contribution >= 4 is 29.1 Å². The zero-order valence-corrected chi connectivity index (χ0v) is 19.9. The molecule has 1 aromatic heterocycles. The Morgan fingerprint density at radius 2 is 1.21 bits per heavy atom. The molecule has 168 valence electrons. The van der Waals surface area contributed by atoms with E-state index in [0.29, 0.717) is 12.1 Å². The molecular weight excluding hydrogens is 423 g/mol. The molecule has 0 aliphatic rings. The first-order valence-corrected chi connectivity index (χ1v) is 13.9. The van der Waals surface area contributed by atoms with Crippen molar-refractivity contribution in [1.29, 1.82) is 0 Å². The molecule has 0 fully saturated rings. The maximum atomic E-state index is 12.2. The number of nitrogens with one attached hydrogen (secondary N) is 1. The van der Waals surface area contributed by atoms with E-state index >= 15 is 0 Å². The zero-order chi connectivity index (χ0) is 22.8. The van der Waals surface area contributed by atoms with E-state index in [4.69, 9.17) is 0 Å². The van der Waals surface area contributed by atoms with Crippen LogP contribution < -0.4 is 21.2 Å². The molecule has 33 heavy (non-hydrogen) atoms. The van der Waals surface area contributed by atoms with Crippen LogP contribution in [0.15, 0.2) is 116 Å². The van der Waals surface area contributed by atoms with Crippen molar-refractivity contribution in [3.8, 4) is 0 Å². The predicted octanol–water partition coefficient (Wildman–Crippen LogP) is 4.71. The van der Waals surface area contributed by atoms with Gasteiger partial charge < -0.3 is 0 Å². The second kappa shape index (κ2) is 11.5. The number of pyridine rings is 1. The van der Waals surface area contributed by atoms with Crippen LogP contribution in [0.1, 0.15) is 29.6 Å². The fourth-order valence-corrected chi connectivity index (χ4v) is 9.52. The number of carbonyl (C=O) groups is 1. The van der Waals surface area contributed by atoms with Crippen LogP contribution in [-0.4, -0.2) is 23.6 Å². The van der Waals surface area contributed by atoms with E-state index < -0.39 is 7.26 Å². The molecule has 4 rings (SSSR count). The summed E-state index contributed by atoms with van der Waals surface area (Å²) < 4.78 is 0. The van der Waals surface area contributed by atoms with Crippen molar-refractivity contribution in [3.05, 3.63) is 121 Å². The molecule has 0 radical (unpaired) electrons. The van der Waals surface area contributed by atoms with Gasteiger partial charge in [0.05, 0.1) is 0 Å². The van der Waals surface area contributed by atoms with E-state index in [0.717, 1.165) is 25.4 Å². The van der Waals surface area contributed by atoms with Crippen LogP contribution in [0, 0.1) is 0 Å². The molecule has 0 spiro atoms. The summed E-state index contributed by atoms with van der Waals surface area (Å²) in [5, 5.41) is 7.38. The molecule has 0 aliphatic carbocycles. The van der Waals surface area contributed by atoms with E-state index in [1.165, 1.54) is 15.9 Å². The summed E-state index contributed by atoms with van der Waals surface area (Å²) in [5.41, 5.74) is 0.612. The van der Waals surface area contributed by atoms with Crippen LogP contribution >= 0.6 is 7.26 Å². The normalized spacial score (nSPS) is 11.6. The molecule has 0 atom stereocenters. The first-order chi connectivity index (χ1) is 16.3. The van der Waals surface area contributed by atoms with Crippen molar-refractivity contribution in [2.45, 2.75) is 19.3 Å². The minimum absolute atomic E-state index is 0.0512. The van der Waals surface area contributed by atoms with Crippen molar-refractivity contribution < 1.29 is 4.79 Å². The molecule has 3 nitrogen and oxygen atoms in total. The Morgan fingerprint density at radius 1 is 0.667 bits per heavy atom. The van der Waals surface area contributed by atoms with Crippen molar-refractivity contribution in [3.63, 3.8) is 0 Å². The summed E-state index contributed by atoms with van der Waals surface area (Å²) in [7, 11) is -2.15. The molecule has 0 saturated carbocycles. The molecule has 4 aromatic rings. The van der Waals surface area contributed by atoms with Gasteiger partial charge in [-0.25, -0.2) is 0 Å². The second-order valence-corrected chi connectivity index (χ2v) is 12.4. The standard InChI is InChI=1S/C29H31N2OP/c32-29(25-14-13-21-30-24-25)31-22-11-4-12-23-33(26-15-5-1-6-16-26,27-17-7-2-8-18-27)28-19-9-3-10-20-28/h1-3,5-10,13-21,24,33H,4,11-12,22-23H2,(H,31,32). The van der Waals surface area contributed by atoms with E-state index in [2.05, 4.69) is 101 Å². The van der Waals surface area contributed by atoms with Gasteiger partial charge in [0.15, 0.2) is 0 Å². The Balaban J connectivity index is 1.48. The molecule has 3 aromatic carbocycles. The Bertz CT molecular complexity index is 1020. The summed E-state index contributed by atoms with van der Waals surface area (Å²) in [5.74, 6) is -0.0512. The molecule has 0 unspecified atom stereocenters. The van der Waals surface area contributed by atoms with E-state index in [9.17, 15) is 4.79 Å². The number of hydrogen-bond donors (Lipinski definition) is 1. The molecule has 0 bridgehead atoms. The summed E-state index contributed by atoms with van der Waals surface area (Å²) in [6.45, 7) is 0.685. The molecular formula is C29H31N2OP. The van der Waals surface area contributed by atoms with Crippen molar-refractivity contribution in [2.24, 2.45) is 0 Å². The minimum atomic E-state index is -2.15. The third kappa shape index (κ3) is 5.56. The summed E-state index contributed by atoms with van der Waals surface area (Å²) >= 11 is 0.